The number of rotatable bonds is 7. The SMILES string of the molecule is CCCNCc1sc(-c2cccc(F)c2)nc1CC(C)C. The highest BCUT2D eigenvalue weighted by atomic mass is 32.1. The molecule has 2 aromatic rings. The number of aromatic nitrogens is 1. The van der Waals surface area contributed by atoms with Crippen LogP contribution in [0.3, 0.4) is 0 Å². The molecule has 1 N–H and O–H groups in total. The normalized spacial score (nSPS) is 11.3. The molecule has 0 bridgehead atoms. The predicted octanol–water partition coefficient (Wildman–Crippen LogP) is 4.65. The minimum Gasteiger partial charge on any atom is -0.312 e. The first-order valence-corrected chi connectivity index (χ1v) is 8.37. The zero-order valence-electron chi connectivity index (χ0n) is 12.9. The summed E-state index contributed by atoms with van der Waals surface area (Å²) < 4.78 is 13.4. The van der Waals surface area contributed by atoms with E-state index in [2.05, 4.69) is 26.1 Å². The Morgan fingerprint density at radius 3 is 2.81 bits per heavy atom. The van der Waals surface area contributed by atoms with Gasteiger partial charge in [-0.3, -0.25) is 0 Å². The summed E-state index contributed by atoms with van der Waals surface area (Å²) in [6, 6.07) is 6.69. The summed E-state index contributed by atoms with van der Waals surface area (Å²) in [4.78, 5) is 6.03. The van der Waals surface area contributed by atoms with Crippen LogP contribution in [-0.2, 0) is 13.0 Å². The standard InChI is InChI=1S/C17H23FN2S/c1-4-8-19-11-16-15(9-12(2)3)20-17(21-16)13-6-5-7-14(18)10-13/h5-7,10,12,19H,4,8-9,11H2,1-3H3. The van der Waals surface area contributed by atoms with Crippen LogP contribution in [0.15, 0.2) is 24.3 Å². The van der Waals surface area contributed by atoms with Gasteiger partial charge in [-0.15, -0.1) is 11.3 Å². The van der Waals surface area contributed by atoms with E-state index in [1.165, 1.54) is 10.9 Å². The lowest BCUT2D eigenvalue weighted by Crippen LogP contribution is -2.14. The third-order valence-electron chi connectivity index (χ3n) is 3.16. The largest absolute Gasteiger partial charge is 0.312 e. The number of halogens is 1. The van der Waals surface area contributed by atoms with E-state index in [-0.39, 0.29) is 5.82 Å². The Labute approximate surface area is 130 Å². The number of nitrogens with one attached hydrogen (secondary N) is 1. The van der Waals surface area contributed by atoms with Crippen LogP contribution in [0.1, 0.15) is 37.8 Å². The maximum absolute atomic E-state index is 13.4. The summed E-state index contributed by atoms with van der Waals surface area (Å²) in [5.74, 6) is 0.358. The van der Waals surface area contributed by atoms with Gasteiger partial charge in [0.2, 0.25) is 0 Å². The van der Waals surface area contributed by atoms with E-state index in [1.807, 2.05) is 6.07 Å². The molecule has 0 aliphatic heterocycles. The molecule has 2 nitrogen and oxygen atoms in total. The third-order valence-corrected chi connectivity index (χ3v) is 4.31. The van der Waals surface area contributed by atoms with E-state index in [0.717, 1.165) is 42.2 Å². The van der Waals surface area contributed by atoms with Crippen LogP contribution < -0.4 is 5.32 Å². The lowest BCUT2D eigenvalue weighted by atomic mass is 10.1. The Morgan fingerprint density at radius 1 is 1.33 bits per heavy atom. The van der Waals surface area contributed by atoms with Gasteiger partial charge in [0.15, 0.2) is 0 Å². The highest BCUT2D eigenvalue weighted by Gasteiger charge is 2.14. The summed E-state index contributed by atoms with van der Waals surface area (Å²) in [7, 11) is 0. The van der Waals surface area contributed by atoms with Crippen molar-refractivity contribution >= 4 is 11.3 Å². The molecule has 0 amide bonds. The molecule has 1 heterocycles. The Bertz CT molecular complexity index is 578. The first-order valence-electron chi connectivity index (χ1n) is 7.55. The summed E-state index contributed by atoms with van der Waals surface area (Å²) in [5, 5.41) is 4.35. The van der Waals surface area contributed by atoms with E-state index in [0.29, 0.717) is 5.92 Å². The average molecular weight is 306 g/mol. The molecular formula is C17H23FN2S. The van der Waals surface area contributed by atoms with Gasteiger partial charge in [0.1, 0.15) is 10.8 Å². The maximum atomic E-state index is 13.4. The fourth-order valence-corrected chi connectivity index (χ4v) is 3.25. The first-order chi connectivity index (χ1) is 10.1. The summed E-state index contributed by atoms with van der Waals surface area (Å²) in [5.41, 5.74) is 2.02. The van der Waals surface area contributed by atoms with E-state index in [9.17, 15) is 4.39 Å². The van der Waals surface area contributed by atoms with E-state index in [1.54, 1.807) is 23.5 Å². The molecule has 0 radical (unpaired) electrons. The average Bonchev–Trinajstić information content (AvgIpc) is 2.81. The number of nitrogens with zero attached hydrogens (tertiary/aromatic N) is 1. The number of hydrogen-bond acceptors (Lipinski definition) is 3. The minimum absolute atomic E-state index is 0.209. The Hall–Kier alpha value is -1.26. The van der Waals surface area contributed by atoms with Gasteiger partial charge in [0.25, 0.3) is 0 Å². The minimum atomic E-state index is -0.209. The van der Waals surface area contributed by atoms with Crippen LogP contribution in [0, 0.1) is 11.7 Å². The monoisotopic (exact) mass is 306 g/mol. The maximum Gasteiger partial charge on any atom is 0.124 e. The second-order valence-corrected chi connectivity index (χ2v) is 6.76. The van der Waals surface area contributed by atoms with Gasteiger partial charge >= 0.3 is 0 Å². The van der Waals surface area contributed by atoms with Crippen molar-refractivity contribution in [1.29, 1.82) is 0 Å². The van der Waals surface area contributed by atoms with Gasteiger partial charge in [0, 0.05) is 17.0 Å². The molecule has 0 spiro atoms. The van der Waals surface area contributed by atoms with Crippen molar-refractivity contribution in [1.82, 2.24) is 10.3 Å². The van der Waals surface area contributed by atoms with Crippen LogP contribution >= 0.6 is 11.3 Å². The molecule has 21 heavy (non-hydrogen) atoms. The number of hydrogen-bond donors (Lipinski definition) is 1. The molecule has 114 valence electrons. The molecule has 0 saturated carbocycles. The van der Waals surface area contributed by atoms with Crippen molar-refractivity contribution in [3.05, 3.63) is 40.7 Å². The predicted molar refractivity (Wildman–Crippen MR) is 88.0 cm³/mol. The summed E-state index contributed by atoms with van der Waals surface area (Å²) in [6.07, 6.45) is 2.09. The van der Waals surface area contributed by atoms with Gasteiger partial charge in [-0.05, 0) is 37.4 Å². The van der Waals surface area contributed by atoms with Crippen LogP contribution in [0.5, 0.6) is 0 Å². The van der Waals surface area contributed by atoms with Crippen molar-refractivity contribution in [2.24, 2.45) is 5.92 Å². The second kappa shape index (κ2) is 7.66. The summed E-state index contributed by atoms with van der Waals surface area (Å²) >= 11 is 1.67. The molecule has 1 aromatic carbocycles. The van der Waals surface area contributed by atoms with E-state index >= 15 is 0 Å². The van der Waals surface area contributed by atoms with E-state index in [4.69, 9.17) is 4.98 Å². The Morgan fingerprint density at radius 2 is 2.14 bits per heavy atom. The molecule has 0 fully saturated rings. The van der Waals surface area contributed by atoms with Crippen molar-refractivity contribution < 1.29 is 4.39 Å². The molecular weight excluding hydrogens is 283 g/mol. The molecule has 0 aliphatic carbocycles. The summed E-state index contributed by atoms with van der Waals surface area (Å²) in [6.45, 7) is 8.42. The van der Waals surface area contributed by atoms with Crippen LogP contribution in [0.25, 0.3) is 10.6 Å². The van der Waals surface area contributed by atoms with Gasteiger partial charge in [-0.25, -0.2) is 9.37 Å². The Kier molecular flexibility index (Phi) is 5.88. The topological polar surface area (TPSA) is 24.9 Å². The van der Waals surface area contributed by atoms with Crippen molar-refractivity contribution in [2.75, 3.05) is 6.54 Å². The molecule has 2 rings (SSSR count). The van der Waals surface area contributed by atoms with Crippen molar-refractivity contribution in [3.8, 4) is 10.6 Å². The lowest BCUT2D eigenvalue weighted by Gasteiger charge is -2.05. The fraction of sp³-hybridized carbons (Fsp3) is 0.471. The van der Waals surface area contributed by atoms with Gasteiger partial charge < -0.3 is 5.32 Å². The first kappa shape index (κ1) is 16.1. The van der Waals surface area contributed by atoms with Crippen molar-refractivity contribution in [3.63, 3.8) is 0 Å². The zero-order chi connectivity index (χ0) is 15.2. The van der Waals surface area contributed by atoms with Crippen LogP contribution in [-0.4, -0.2) is 11.5 Å². The van der Waals surface area contributed by atoms with Crippen LogP contribution in [0.2, 0.25) is 0 Å². The van der Waals surface area contributed by atoms with E-state index < -0.39 is 0 Å². The molecule has 0 saturated heterocycles. The molecule has 4 heteroatoms. The van der Waals surface area contributed by atoms with Gasteiger partial charge in [-0.1, -0.05) is 32.9 Å². The highest BCUT2D eigenvalue weighted by Crippen LogP contribution is 2.29. The zero-order valence-corrected chi connectivity index (χ0v) is 13.8. The van der Waals surface area contributed by atoms with Crippen molar-refractivity contribution in [2.45, 2.75) is 40.2 Å². The third kappa shape index (κ3) is 4.61. The molecule has 0 atom stereocenters. The smallest absolute Gasteiger partial charge is 0.124 e. The molecule has 0 unspecified atom stereocenters. The highest BCUT2D eigenvalue weighted by molar-refractivity contribution is 7.15. The lowest BCUT2D eigenvalue weighted by molar-refractivity contribution is 0.622. The van der Waals surface area contributed by atoms with Gasteiger partial charge in [-0.2, -0.15) is 0 Å². The Balaban J connectivity index is 2.26. The molecule has 0 aliphatic rings. The van der Waals surface area contributed by atoms with Crippen LogP contribution in [0.4, 0.5) is 4.39 Å². The number of benzene rings is 1. The fourth-order valence-electron chi connectivity index (χ4n) is 2.19. The number of thiazole rings is 1. The quantitative estimate of drug-likeness (QED) is 0.753. The molecule has 1 aromatic heterocycles. The second-order valence-electron chi connectivity index (χ2n) is 5.67. The van der Waals surface area contributed by atoms with Gasteiger partial charge in [0.05, 0.1) is 5.69 Å².